The van der Waals surface area contributed by atoms with Gasteiger partial charge in [-0.05, 0) is 32.4 Å². The first-order chi connectivity index (χ1) is 7.90. The maximum Gasteiger partial charge on any atom is 0.147 e. The van der Waals surface area contributed by atoms with Crippen molar-refractivity contribution in [1.82, 2.24) is 5.32 Å². The number of sulfone groups is 1. The molecule has 0 aliphatic rings. The minimum atomic E-state index is -2.87. The van der Waals surface area contributed by atoms with E-state index < -0.39 is 9.84 Å². The number of hydrogen-bond donors (Lipinski definition) is 1. The Bertz CT molecular complexity index is 454. The van der Waals surface area contributed by atoms with Gasteiger partial charge in [0.15, 0.2) is 0 Å². The first-order valence-electron chi connectivity index (χ1n) is 5.81. The predicted octanol–water partition coefficient (Wildman–Crippen LogP) is 1.56. The summed E-state index contributed by atoms with van der Waals surface area (Å²) in [7, 11) is -0.992. The molecule has 0 fully saturated rings. The summed E-state index contributed by atoms with van der Waals surface area (Å²) in [5.41, 5.74) is 2.48. The molecule has 1 aromatic carbocycles. The number of nitrogens with one attached hydrogen (secondary N) is 1. The number of hydrogen-bond acceptors (Lipinski definition) is 3. The van der Waals surface area contributed by atoms with E-state index in [9.17, 15) is 8.42 Å². The van der Waals surface area contributed by atoms with Crippen molar-refractivity contribution in [1.29, 1.82) is 0 Å². The topological polar surface area (TPSA) is 46.2 Å². The summed E-state index contributed by atoms with van der Waals surface area (Å²) in [6, 6.07) is 8.54. The molecule has 0 saturated heterocycles. The molecule has 0 aliphatic heterocycles. The summed E-state index contributed by atoms with van der Waals surface area (Å²) in [6.45, 7) is 2.06. The van der Waals surface area contributed by atoms with Gasteiger partial charge < -0.3 is 5.32 Å². The Labute approximate surface area is 104 Å². The Morgan fingerprint density at radius 2 is 2.06 bits per heavy atom. The standard InChI is InChI=1S/C13H21NO2S/c1-11-5-4-6-12(9-11)10-13(14-2)7-8-17(3,15)16/h4-6,9,13-14H,7-8,10H2,1-3H3. The molecule has 0 radical (unpaired) electrons. The van der Waals surface area contributed by atoms with Crippen LogP contribution in [0.1, 0.15) is 17.5 Å². The van der Waals surface area contributed by atoms with Crippen LogP contribution in [0.25, 0.3) is 0 Å². The minimum Gasteiger partial charge on any atom is -0.317 e. The molecule has 1 unspecified atom stereocenters. The van der Waals surface area contributed by atoms with Crippen molar-refractivity contribution in [2.24, 2.45) is 0 Å². The van der Waals surface area contributed by atoms with Crippen molar-refractivity contribution < 1.29 is 8.42 Å². The lowest BCUT2D eigenvalue weighted by molar-refractivity contribution is 0.534. The maximum atomic E-state index is 11.1. The molecule has 0 spiro atoms. The molecule has 0 bridgehead atoms. The highest BCUT2D eigenvalue weighted by Gasteiger charge is 2.11. The Morgan fingerprint density at radius 1 is 1.35 bits per heavy atom. The Morgan fingerprint density at radius 3 is 2.59 bits per heavy atom. The molecule has 0 saturated carbocycles. The fourth-order valence-electron chi connectivity index (χ4n) is 1.83. The molecule has 17 heavy (non-hydrogen) atoms. The lowest BCUT2D eigenvalue weighted by Gasteiger charge is -2.15. The SMILES string of the molecule is CNC(CCS(C)(=O)=O)Cc1cccc(C)c1. The predicted molar refractivity (Wildman–Crippen MR) is 72.1 cm³/mol. The van der Waals surface area contributed by atoms with Crippen LogP contribution >= 0.6 is 0 Å². The molecular weight excluding hydrogens is 234 g/mol. The molecule has 4 heteroatoms. The second kappa shape index (κ2) is 6.17. The summed E-state index contributed by atoms with van der Waals surface area (Å²) in [5.74, 6) is 0.240. The second-order valence-corrected chi connectivity index (χ2v) is 6.86. The molecule has 0 heterocycles. The zero-order chi connectivity index (χ0) is 12.9. The highest BCUT2D eigenvalue weighted by molar-refractivity contribution is 7.90. The van der Waals surface area contributed by atoms with E-state index in [4.69, 9.17) is 0 Å². The van der Waals surface area contributed by atoms with Gasteiger partial charge in [-0.25, -0.2) is 8.42 Å². The minimum absolute atomic E-state index is 0.214. The Balaban J connectivity index is 2.58. The van der Waals surface area contributed by atoms with Crippen LogP contribution < -0.4 is 5.32 Å². The van der Waals surface area contributed by atoms with Crippen LogP contribution in [0.5, 0.6) is 0 Å². The Hall–Kier alpha value is -0.870. The third kappa shape index (κ3) is 5.84. The average Bonchev–Trinajstić information content (AvgIpc) is 2.23. The van der Waals surface area contributed by atoms with E-state index in [2.05, 4.69) is 30.4 Å². The molecule has 1 aromatic rings. The van der Waals surface area contributed by atoms with Crippen molar-refractivity contribution in [3.63, 3.8) is 0 Å². The van der Waals surface area contributed by atoms with Crippen LogP contribution in [0, 0.1) is 6.92 Å². The largest absolute Gasteiger partial charge is 0.317 e. The third-order valence-corrected chi connectivity index (χ3v) is 3.79. The van der Waals surface area contributed by atoms with Crippen LogP contribution in [-0.4, -0.2) is 33.5 Å². The van der Waals surface area contributed by atoms with E-state index >= 15 is 0 Å². The zero-order valence-electron chi connectivity index (χ0n) is 10.7. The monoisotopic (exact) mass is 255 g/mol. The smallest absolute Gasteiger partial charge is 0.147 e. The molecule has 0 aromatic heterocycles. The van der Waals surface area contributed by atoms with Gasteiger partial charge in [-0.3, -0.25) is 0 Å². The summed E-state index contributed by atoms with van der Waals surface area (Å²) < 4.78 is 22.3. The van der Waals surface area contributed by atoms with Gasteiger partial charge in [-0.1, -0.05) is 29.8 Å². The van der Waals surface area contributed by atoms with Gasteiger partial charge in [0.05, 0.1) is 5.75 Å². The van der Waals surface area contributed by atoms with Crippen molar-refractivity contribution in [2.75, 3.05) is 19.1 Å². The molecular formula is C13H21NO2S. The van der Waals surface area contributed by atoms with Crippen LogP contribution in [0.2, 0.25) is 0 Å². The van der Waals surface area contributed by atoms with E-state index in [0.29, 0.717) is 6.42 Å². The van der Waals surface area contributed by atoms with Crippen molar-refractivity contribution in [3.05, 3.63) is 35.4 Å². The molecule has 1 rings (SSSR count). The summed E-state index contributed by atoms with van der Waals surface area (Å²) >= 11 is 0. The van der Waals surface area contributed by atoms with E-state index in [1.807, 2.05) is 13.1 Å². The van der Waals surface area contributed by atoms with Gasteiger partial charge in [0, 0.05) is 12.3 Å². The van der Waals surface area contributed by atoms with Gasteiger partial charge in [-0.2, -0.15) is 0 Å². The molecule has 1 atom stereocenters. The quantitative estimate of drug-likeness (QED) is 0.839. The summed E-state index contributed by atoms with van der Waals surface area (Å²) in [6.07, 6.45) is 2.81. The number of benzene rings is 1. The zero-order valence-corrected chi connectivity index (χ0v) is 11.5. The third-order valence-electron chi connectivity index (χ3n) is 2.81. The number of aryl methyl sites for hydroxylation is 1. The van der Waals surface area contributed by atoms with Crippen molar-refractivity contribution in [2.45, 2.75) is 25.8 Å². The van der Waals surface area contributed by atoms with E-state index in [1.165, 1.54) is 17.4 Å². The molecule has 3 nitrogen and oxygen atoms in total. The summed E-state index contributed by atoms with van der Waals surface area (Å²) in [5, 5.41) is 3.18. The van der Waals surface area contributed by atoms with Crippen molar-refractivity contribution in [3.8, 4) is 0 Å². The highest BCUT2D eigenvalue weighted by atomic mass is 32.2. The number of likely N-dealkylation sites (N-methyl/N-ethyl adjacent to an activating group) is 1. The Kier molecular flexibility index (Phi) is 5.15. The first-order valence-corrected chi connectivity index (χ1v) is 7.87. The fourth-order valence-corrected chi connectivity index (χ4v) is 2.54. The molecule has 1 N–H and O–H groups in total. The average molecular weight is 255 g/mol. The van der Waals surface area contributed by atoms with Crippen LogP contribution in [0.4, 0.5) is 0 Å². The fraction of sp³-hybridized carbons (Fsp3) is 0.538. The highest BCUT2D eigenvalue weighted by Crippen LogP contribution is 2.09. The first kappa shape index (κ1) is 14.2. The normalized spacial score (nSPS) is 13.6. The van der Waals surface area contributed by atoms with Gasteiger partial charge in [0.25, 0.3) is 0 Å². The van der Waals surface area contributed by atoms with Crippen molar-refractivity contribution >= 4 is 9.84 Å². The summed E-state index contributed by atoms with van der Waals surface area (Å²) in [4.78, 5) is 0. The van der Waals surface area contributed by atoms with E-state index in [-0.39, 0.29) is 11.8 Å². The second-order valence-electron chi connectivity index (χ2n) is 4.60. The van der Waals surface area contributed by atoms with Crippen LogP contribution in [0.3, 0.4) is 0 Å². The lowest BCUT2D eigenvalue weighted by Crippen LogP contribution is -2.29. The maximum absolute atomic E-state index is 11.1. The van der Waals surface area contributed by atoms with Gasteiger partial charge in [0.2, 0.25) is 0 Å². The molecule has 96 valence electrons. The van der Waals surface area contributed by atoms with Gasteiger partial charge in [0.1, 0.15) is 9.84 Å². The molecule has 0 amide bonds. The van der Waals surface area contributed by atoms with Crippen LogP contribution in [0.15, 0.2) is 24.3 Å². The lowest BCUT2D eigenvalue weighted by atomic mass is 10.0. The molecule has 0 aliphatic carbocycles. The van der Waals surface area contributed by atoms with Gasteiger partial charge in [-0.15, -0.1) is 0 Å². The number of rotatable bonds is 6. The van der Waals surface area contributed by atoms with Crippen LogP contribution in [-0.2, 0) is 16.3 Å². The van der Waals surface area contributed by atoms with E-state index in [1.54, 1.807) is 0 Å². The van der Waals surface area contributed by atoms with E-state index in [0.717, 1.165) is 6.42 Å². The van der Waals surface area contributed by atoms with Gasteiger partial charge >= 0.3 is 0 Å².